The summed E-state index contributed by atoms with van der Waals surface area (Å²) in [5, 5.41) is 9.36. The Morgan fingerprint density at radius 1 is 1.07 bits per heavy atom. The van der Waals surface area contributed by atoms with E-state index in [1.807, 2.05) is 20.8 Å². The number of ether oxygens (including phenoxy) is 1. The third kappa shape index (κ3) is 5.72. The quantitative estimate of drug-likeness (QED) is 0.585. The zero-order valence-corrected chi connectivity index (χ0v) is 18.4. The fraction of sp³-hybridized carbons (Fsp3) is 0.381. The van der Waals surface area contributed by atoms with Crippen molar-refractivity contribution in [2.75, 3.05) is 19.7 Å². The molecule has 158 valence electrons. The summed E-state index contributed by atoms with van der Waals surface area (Å²) < 4.78 is 33.2. The number of carbonyl (C=O) groups is 1. The highest BCUT2D eigenvalue weighted by atomic mass is 35.5. The zero-order valence-electron chi connectivity index (χ0n) is 16.8. The summed E-state index contributed by atoms with van der Waals surface area (Å²) >= 11 is 6.15. The lowest BCUT2D eigenvalue weighted by molar-refractivity contribution is -0.139. The van der Waals surface area contributed by atoms with Gasteiger partial charge in [0.15, 0.2) is 6.61 Å². The minimum absolute atomic E-state index is 0.184. The van der Waals surface area contributed by atoms with Gasteiger partial charge in [0.2, 0.25) is 10.0 Å². The molecule has 0 aromatic heterocycles. The van der Waals surface area contributed by atoms with Crippen molar-refractivity contribution in [2.45, 2.75) is 38.5 Å². The molecule has 0 fully saturated rings. The molecule has 0 radical (unpaired) electrons. The molecule has 8 heteroatoms. The highest BCUT2D eigenvalue weighted by Crippen LogP contribution is 2.36. The van der Waals surface area contributed by atoms with Gasteiger partial charge >= 0.3 is 5.97 Å². The molecule has 0 bridgehead atoms. The fourth-order valence-corrected chi connectivity index (χ4v) is 4.85. The molecule has 2 aromatic carbocycles. The summed E-state index contributed by atoms with van der Waals surface area (Å²) in [5.41, 5.74) is 2.00. The van der Waals surface area contributed by atoms with Gasteiger partial charge in [-0.25, -0.2) is 13.2 Å². The van der Waals surface area contributed by atoms with E-state index in [0.717, 1.165) is 18.4 Å². The van der Waals surface area contributed by atoms with Crippen molar-refractivity contribution in [1.29, 1.82) is 0 Å². The second-order valence-corrected chi connectivity index (χ2v) is 9.08. The highest BCUT2D eigenvalue weighted by molar-refractivity contribution is 7.89. The van der Waals surface area contributed by atoms with Gasteiger partial charge in [0.1, 0.15) is 5.75 Å². The van der Waals surface area contributed by atoms with Gasteiger partial charge in [0.05, 0.1) is 4.90 Å². The van der Waals surface area contributed by atoms with Crippen molar-refractivity contribution in [2.24, 2.45) is 0 Å². The Kier molecular flexibility index (Phi) is 8.07. The average molecular weight is 440 g/mol. The highest BCUT2D eigenvalue weighted by Gasteiger charge is 2.24. The average Bonchev–Trinajstić information content (AvgIpc) is 2.67. The minimum atomic E-state index is -3.66. The van der Waals surface area contributed by atoms with E-state index in [1.165, 1.54) is 4.31 Å². The van der Waals surface area contributed by atoms with Gasteiger partial charge in [-0.15, -0.1) is 0 Å². The number of carboxylic acid groups (broad SMARTS) is 1. The van der Waals surface area contributed by atoms with Gasteiger partial charge in [-0.3, -0.25) is 0 Å². The van der Waals surface area contributed by atoms with Crippen LogP contribution in [-0.4, -0.2) is 43.5 Å². The van der Waals surface area contributed by atoms with E-state index in [1.54, 1.807) is 36.4 Å². The molecule has 0 unspecified atom stereocenters. The van der Waals surface area contributed by atoms with E-state index in [-0.39, 0.29) is 4.90 Å². The third-order valence-electron chi connectivity index (χ3n) is 4.38. The van der Waals surface area contributed by atoms with E-state index in [2.05, 4.69) is 0 Å². The van der Waals surface area contributed by atoms with E-state index in [4.69, 9.17) is 21.4 Å². The fourth-order valence-electron chi connectivity index (χ4n) is 3.03. The molecular weight excluding hydrogens is 414 g/mol. The van der Waals surface area contributed by atoms with Crippen LogP contribution in [0.4, 0.5) is 0 Å². The maximum atomic E-state index is 13.2. The van der Waals surface area contributed by atoms with Crippen molar-refractivity contribution in [3.8, 4) is 16.9 Å². The van der Waals surface area contributed by atoms with E-state index < -0.39 is 22.6 Å². The van der Waals surface area contributed by atoms with Crippen LogP contribution in [0.1, 0.15) is 32.3 Å². The van der Waals surface area contributed by atoms with Crippen molar-refractivity contribution in [3.63, 3.8) is 0 Å². The van der Waals surface area contributed by atoms with Gasteiger partial charge in [0, 0.05) is 23.7 Å². The topological polar surface area (TPSA) is 83.9 Å². The maximum absolute atomic E-state index is 13.2. The molecule has 0 heterocycles. The summed E-state index contributed by atoms with van der Waals surface area (Å²) in [6, 6.07) is 9.76. The molecule has 0 saturated heterocycles. The van der Waals surface area contributed by atoms with Crippen LogP contribution in [0.25, 0.3) is 11.1 Å². The van der Waals surface area contributed by atoms with Gasteiger partial charge < -0.3 is 9.84 Å². The number of benzene rings is 2. The lowest BCUT2D eigenvalue weighted by Gasteiger charge is -2.22. The molecule has 2 rings (SSSR count). The molecule has 0 aliphatic heterocycles. The van der Waals surface area contributed by atoms with Crippen LogP contribution in [0.15, 0.2) is 41.3 Å². The number of halogens is 1. The maximum Gasteiger partial charge on any atom is 0.341 e. The molecule has 6 nitrogen and oxygen atoms in total. The van der Waals surface area contributed by atoms with Crippen molar-refractivity contribution in [1.82, 2.24) is 4.31 Å². The van der Waals surface area contributed by atoms with Gasteiger partial charge in [-0.2, -0.15) is 4.31 Å². The first-order chi connectivity index (χ1) is 13.7. The number of rotatable bonds is 10. The largest absolute Gasteiger partial charge is 0.481 e. The third-order valence-corrected chi connectivity index (χ3v) is 6.51. The van der Waals surface area contributed by atoms with Crippen LogP contribution >= 0.6 is 11.6 Å². The van der Waals surface area contributed by atoms with Crippen molar-refractivity contribution in [3.05, 3.63) is 47.0 Å². The number of carboxylic acids is 1. The van der Waals surface area contributed by atoms with E-state index in [9.17, 15) is 13.2 Å². The molecule has 2 aromatic rings. The smallest absolute Gasteiger partial charge is 0.341 e. The molecule has 0 aliphatic carbocycles. The first kappa shape index (κ1) is 23.2. The summed E-state index contributed by atoms with van der Waals surface area (Å²) in [5.74, 6) is -0.776. The number of aryl methyl sites for hydroxylation is 1. The summed E-state index contributed by atoms with van der Waals surface area (Å²) in [6.45, 7) is 6.12. The monoisotopic (exact) mass is 439 g/mol. The Morgan fingerprint density at radius 2 is 1.72 bits per heavy atom. The van der Waals surface area contributed by atoms with Gasteiger partial charge in [-0.05, 0) is 61.2 Å². The van der Waals surface area contributed by atoms with Crippen LogP contribution in [-0.2, 0) is 14.8 Å². The minimum Gasteiger partial charge on any atom is -0.481 e. The molecule has 29 heavy (non-hydrogen) atoms. The number of sulfonamides is 1. The predicted molar refractivity (Wildman–Crippen MR) is 114 cm³/mol. The number of hydrogen-bond acceptors (Lipinski definition) is 4. The van der Waals surface area contributed by atoms with E-state index in [0.29, 0.717) is 35.0 Å². The summed E-state index contributed by atoms with van der Waals surface area (Å²) in [4.78, 5) is 11.1. The van der Waals surface area contributed by atoms with E-state index >= 15 is 0 Å². The lowest BCUT2D eigenvalue weighted by atomic mass is 10.00. The Bertz CT molecular complexity index is 969. The number of nitrogens with zero attached hydrogens (tertiary/aromatic N) is 1. The Balaban J connectivity index is 2.57. The summed E-state index contributed by atoms with van der Waals surface area (Å²) in [6.07, 6.45) is 1.44. The SMILES string of the molecule is CCCN(CCC)S(=O)(=O)c1ccc(C)c(-c2cc(Cl)ccc2OCC(=O)O)c1. The van der Waals surface area contributed by atoms with Crippen molar-refractivity contribution >= 4 is 27.6 Å². The second kappa shape index (κ2) is 10.1. The number of aliphatic carboxylic acids is 1. The molecule has 1 N–H and O–H groups in total. The standard InChI is InChI=1S/C21H26ClNO5S/c1-4-10-23(11-5-2)29(26,27)17-8-6-15(3)18(13-17)19-12-16(22)7-9-20(19)28-14-21(24)25/h6-9,12-13H,4-5,10-11,14H2,1-3H3,(H,24,25). The molecule has 0 spiro atoms. The number of hydrogen-bond donors (Lipinski definition) is 1. The molecular formula is C21H26ClNO5S. The van der Waals surface area contributed by atoms with Gasteiger partial charge in [-0.1, -0.05) is 31.5 Å². The molecule has 0 atom stereocenters. The molecule has 0 amide bonds. The van der Waals surface area contributed by atoms with Crippen LogP contribution in [0.5, 0.6) is 5.75 Å². The lowest BCUT2D eigenvalue weighted by Crippen LogP contribution is -2.32. The molecule has 0 saturated carbocycles. The zero-order chi connectivity index (χ0) is 21.6. The van der Waals surface area contributed by atoms with Crippen LogP contribution in [0, 0.1) is 6.92 Å². The Hall–Kier alpha value is -2.09. The normalized spacial score (nSPS) is 11.6. The van der Waals surface area contributed by atoms with Crippen LogP contribution < -0.4 is 4.74 Å². The first-order valence-corrected chi connectivity index (χ1v) is 11.3. The second-order valence-electron chi connectivity index (χ2n) is 6.70. The van der Waals surface area contributed by atoms with Crippen LogP contribution in [0.3, 0.4) is 0 Å². The first-order valence-electron chi connectivity index (χ1n) is 9.46. The van der Waals surface area contributed by atoms with Crippen LogP contribution in [0.2, 0.25) is 5.02 Å². The van der Waals surface area contributed by atoms with Gasteiger partial charge in [0.25, 0.3) is 0 Å². The molecule has 0 aliphatic rings. The Morgan fingerprint density at radius 3 is 2.31 bits per heavy atom. The predicted octanol–water partition coefficient (Wildman–Crippen LogP) is 4.59. The Labute approximate surface area is 177 Å². The van der Waals surface area contributed by atoms with Crippen molar-refractivity contribution < 1.29 is 23.1 Å². The summed E-state index contributed by atoms with van der Waals surface area (Å²) in [7, 11) is -3.66.